The fraction of sp³-hybridized carbons (Fsp3) is 0.444. The zero-order valence-corrected chi connectivity index (χ0v) is 8.48. The quantitative estimate of drug-likeness (QED) is 0.753. The predicted octanol–water partition coefficient (Wildman–Crippen LogP) is 3.15. The summed E-state index contributed by atoms with van der Waals surface area (Å²) in [6.45, 7) is -0.397. The largest absolute Gasteiger partial charge is 0.492 e. The third-order valence-electron chi connectivity index (χ3n) is 1.59. The molecule has 6 heteroatoms. The Balaban J connectivity index is 2.38. The fourth-order valence-electron chi connectivity index (χ4n) is 0.860. The van der Waals surface area contributed by atoms with Crippen molar-refractivity contribution in [2.24, 2.45) is 0 Å². The van der Waals surface area contributed by atoms with Crippen LogP contribution in [-0.4, -0.2) is 17.8 Å². The smallest absolute Gasteiger partial charge is 0.392 e. The monoisotopic (exact) mass is 239 g/mol. The second kappa shape index (κ2) is 5.21. The molecule has 0 bridgehead atoms. The van der Waals surface area contributed by atoms with Gasteiger partial charge in [-0.25, -0.2) is 0 Å². The molecule has 0 aromatic carbocycles. The molecule has 0 unspecified atom stereocenters. The van der Waals surface area contributed by atoms with E-state index in [1.165, 1.54) is 6.20 Å². The van der Waals surface area contributed by atoms with Crippen molar-refractivity contribution in [3.05, 3.63) is 24.0 Å². The van der Waals surface area contributed by atoms with Gasteiger partial charge in [0.15, 0.2) is 0 Å². The van der Waals surface area contributed by atoms with Crippen molar-refractivity contribution >= 4 is 11.6 Å². The van der Waals surface area contributed by atoms with Gasteiger partial charge < -0.3 is 4.74 Å². The van der Waals surface area contributed by atoms with Gasteiger partial charge in [-0.1, -0.05) is 0 Å². The van der Waals surface area contributed by atoms with Gasteiger partial charge in [0.2, 0.25) is 0 Å². The lowest BCUT2D eigenvalue weighted by atomic mass is 10.4. The predicted molar refractivity (Wildman–Crippen MR) is 50.0 cm³/mol. The minimum absolute atomic E-state index is 0.267. The molecule has 0 spiro atoms. The molecule has 0 atom stereocenters. The molecule has 0 N–H and O–H groups in total. The van der Waals surface area contributed by atoms with E-state index in [4.69, 9.17) is 16.3 Å². The van der Waals surface area contributed by atoms with Gasteiger partial charge in [0.1, 0.15) is 5.75 Å². The van der Waals surface area contributed by atoms with Crippen LogP contribution >= 0.6 is 11.6 Å². The molecule has 1 heterocycles. The summed E-state index contributed by atoms with van der Waals surface area (Å²) < 4.78 is 40.1. The van der Waals surface area contributed by atoms with E-state index in [1.807, 2.05) is 0 Å². The van der Waals surface area contributed by atoms with Crippen molar-refractivity contribution in [2.75, 3.05) is 6.61 Å². The van der Waals surface area contributed by atoms with Crippen LogP contribution in [-0.2, 0) is 5.88 Å². The maximum Gasteiger partial charge on any atom is 0.392 e. The van der Waals surface area contributed by atoms with Crippen molar-refractivity contribution in [3.63, 3.8) is 0 Å². The number of nitrogens with zero attached hydrogens (tertiary/aromatic N) is 1. The van der Waals surface area contributed by atoms with Crippen molar-refractivity contribution < 1.29 is 17.9 Å². The molecule has 0 aliphatic heterocycles. The van der Waals surface area contributed by atoms with Crippen molar-refractivity contribution in [1.29, 1.82) is 0 Å². The molecule has 2 nitrogen and oxygen atoms in total. The van der Waals surface area contributed by atoms with Gasteiger partial charge in [-0.15, -0.1) is 11.6 Å². The van der Waals surface area contributed by atoms with E-state index in [9.17, 15) is 13.2 Å². The normalized spacial score (nSPS) is 11.5. The molecule has 1 aromatic heterocycles. The Morgan fingerprint density at radius 3 is 2.53 bits per heavy atom. The highest BCUT2D eigenvalue weighted by atomic mass is 35.5. The molecular formula is C9H9ClF3NO. The van der Waals surface area contributed by atoms with Gasteiger partial charge in [0.25, 0.3) is 0 Å². The minimum atomic E-state index is -4.19. The van der Waals surface area contributed by atoms with Crippen molar-refractivity contribution in [2.45, 2.75) is 18.5 Å². The number of hydrogen-bond acceptors (Lipinski definition) is 2. The number of hydrogen-bond donors (Lipinski definition) is 0. The van der Waals surface area contributed by atoms with E-state index in [-0.39, 0.29) is 5.88 Å². The standard InChI is InChI=1S/C9H9ClF3NO/c10-5-7-1-2-8(6-14-7)15-4-3-9(11,12)13/h1-2,6H,3-5H2. The lowest BCUT2D eigenvalue weighted by Gasteiger charge is -2.08. The average Bonchev–Trinajstić information content (AvgIpc) is 2.17. The molecule has 0 saturated heterocycles. The molecular weight excluding hydrogens is 231 g/mol. The first-order valence-corrected chi connectivity index (χ1v) is 4.75. The Morgan fingerprint density at radius 2 is 2.07 bits per heavy atom. The van der Waals surface area contributed by atoms with Crippen molar-refractivity contribution in [1.82, 2.24) is 4.98 Å². The number of halogens is 4. The van der Waals surface area contributed by atoms with Gasteiger partial charge in [0.05, 0.1) is 30.8 Å². The summed E-state index contributed by atoms with van der Waals surface area (Å²) in [5.74, 6) is 0.580. The zero-order valence-electron chi connectivity index (χ0n) is 7.72. The third-order valence-corrected chi connectivity index (χ3v) is 1.86. The molecule has 0 fully saturated rings. The highest BCUT2D eigenvalue weighted by Gasteiger charge is 2.26. The first-order valence-electron chi connectivity index (χ1n) is 4.22. The summed E-state index contributed by atoms with van der Waals surface area (Å²) >= 11 is 5.49. The summed E-state index contributed by atoms with van der Waals surface area (Å²) in [5, 5.41) is 0. The summed E-state index contributed by atoms with van der Waals surface area (Å²) in [6, 6.07) is 3.15. The van der Waals surface area contributed by atoms with Crippen LogP contribution in [0.2, 0.25) is 0 Å². The SMILES string of the molecule is FC(F)(F)CCOc1ccc(CCl)nc1. The second-order valence-electron chi connectivity index (χ2n) is 2.83. The van der Waals surface area contributed by atoms with Crippen molar-refractivity contribution in [3.8, 4) is 5.75 Å². The van der Waals surface area contributed by atoms with Gasteiger partial charge in [-0.3, -0.25) is 4.98 Å². The average molecular weight is 240 g/mol. The van der Waals surface area contributed by atoms with Crippen LogP contribution in [0.1, 0.15) is 12.1 Å². The summed E-state index contributed by atoms with van der Waals surface area (Å²) in [5.41, 5.74) is 0.653. The summed E-state index contributed by atoms with van der Waals surface area (Å²) in [7, 11) is 0. The van der Waals surface area contributed by atoms with Crippen LogP contribution < -0.4 is 4.74 Å². The van der Waals surface area contributed by atoms with Gasteiger partial charge in [-0.2, -0.15) is 13.2 Å². The number of pyridine rings is 1. The maximum absolute atomic E-state index is 11.8. The molecule has 1 aromatic rings. The molecule has 0 amide bonds. The number of rotatable bonds is 4. The van der Waals surface area contributed by atoms with Crippen LogP contribution in [0.5, 0.6) is 5.75 Å². The molecule has 0 radical (unpaired) electrons. The van der Waals surface area contributed by atoms with E-state index in [1.54, 1.807) is 12.1 Å². The van der Waals surface area contributed by atoms with Gasteiger partial charge in [0, 0.05) is 0 Å². The molecule has 1 rings (SSSR count). The Labute approximate surface area is 90.0 Å². The lowest BCUT2D eigenvalue weighted by molar-refractivity contribution is -0.139. The Hall–Kier alpha value is -0.970. The Bertz CT molecular complexity index is 299. The molecule has 0 aliphatic carbocycles. The molecule has 15 heavy (non-hydrogen) atoms. The summed E-state index contributed by atoms with van der Waals surface area (Å²) in [6.07, 6.45) is -3.80. The number of alkyl halides is 4. The van der Waals surface area contributed by atoms with E-state index in [0.717, 1.165) is 0 Å². The highest BCUT2D eigenvalue weighted by molar-refractivity contribution is 6.16. The topological polar surface area (TPSA) is 22.1 Å². The lowest BCUT2D eigenvalue weighted by Crippen LogP contribution is -2.13. The maximum atomic E-state index is 11.8. The van der Waals surface area contributed by atoms with E-state index >= 15 is 0 Å². The first kappa shape index (κ1) is 12.1. The molecule has 0 aliphatic rings. The van der Waals surface area contributed by atoms with Crippen LogP contribution in [0.3, 0.4) is 0 Å². The van der Waals surface area contributed by atoms with E-state index in [0.29, 0.717) is 11.4 Å². The van der Waals surface area contributed by atoms with Gasteiger partial charge in [-0.05, 0) is 12.1 Å². The van der Waals surface area contributed by atoms with Crippen LogP contribution in [0, 0.1) is 0 Å². The van der Waals surface area contributed by atoms with Crippen LogP contribution in [0.15, 0.2) is 18.3 Å². The van der Waals surface area contributed by atoms with Crippen LogP contribution in [0.25, 0.3) is 0 Å². The van der Waals surface area contributed by atoms with Crippen LogP contribution in [0.4, 0.5) is 13.2 Å². The molecule has 0 saturated carbocycles. The zero-order chi connectivity index (χ0) is 11.3. The highest BCUT2D eigenvalue weighted by Crippen LogP contribution is 2.20. The molecule has 84 valence electrons. The first-order chi connectivity index (χ1) is 7.01. The second-order valence-corrected chi connectivity index (χ2v) is 3.10. The summed E-state index contributed by atoms with van der Waals surface area (Å²) in [4.78, 5) is 3.87. The minimum Gasteiger partial charge on any atom is -0.492 e. The third kappa shape index (κ3) is 4.88. The fourth-order valence-corrected chi connectivity index (χ4v) is 1.02. The van der Waals surface area contributed by atoms with E-state index < -0.39 is 19.2 Å². The Kier molecular flexibility index (Phi) is 4.20. The van der Waals surface area contributed by atoms with E-state index in [2.05, 4.69) is 4.98 Å². The van der Waals surface area contributed by atoms with Gasteiger partial charge >= 0.3 is 6.18 Å². The Morgan fingerprint density at radius 1 is 1.33 bits per heavy atom. The number of ether oxygens (including phenoxy) is 1. The number of aromatic nitrogens is 1.